The van der Waals surface area contributed by atoms with Crippen molar-refractivity contribution in [2.75, 3.05) is 17.2 Å². The number of benzene rings is 1. The molecule has 0 aliphatic rings. The number of nitrogens with one attached hydrogen (secondary N) is 3. The molecule has 0 spiro atoms. The van der Waals surface area contributed by atoms with E-state index in [2.05, 4.69) is 20.9 Å². The van der Waals surface area contributed by atoms with E-state index in [0.29, 0.717) is 28.0 Å². The fourth-order valence-corrected chi connectivity index (χ4v) is 2.50. The summed E-state index contributed by atoms with van der Waals surface area (Å²) in [6.07, 6.45) is 2.95. The molecule has 1 heterocycles. The maximum absolute atomic E-state index is 13.1. The molecular formula is C15H14Cl3FN4O. The molecule has 2 amide bonds. The van der Waals surface area contributed by atoms with Crippen molar-refractivity contribution in [2.45, 2.75) is 13.0 Å². The predicted octanol–water partition coefficient (Wildman–Crippen LogP) is 4.80. The molecule has 128 valence electrons. The number of amides is 2. The molecule has 0 saturated carbocycles. The first-order valence-electron chi connectivity index (χ1n) is 6.92. The number of hydrogen-bond acceptors (Lipinski definition) is 3. The molecule has 5 nitrogen and oxygen atoms in total. The van der Waals surface area contributed by atoms with Crippen LogP contribution in [0.2, 0.25) is 15.1 Å². The van der Waals surface area contributed by atoms with E-state index in [9.17, 15) is 9.18 Å². The van der Waals surface area contributed by atoms with Crippen LogP contribution >= 0.6 is 34.8 Å². The molecule has 2 rings (SSSR count). The van der Waals surface area contributed by atoms with Crippen molar-refractivity contribution in [1.82, 2.24) is 10.3 Å². The summed E-state index contributed by atoms with van der Waals surface area (Å²) in [5, 5.41) is 9.04. The third-order valence-electron chi connectivity index (χ3n) is 2.99. The Bertz CT molecular complexity index is 724. The van der Waals surface area contributed by atoms with Crippen LogP contribution in [0.25, 0.3) is 0 Å². The predicted molar refractivity (Wildman–Crippen MR) is 95.8 cm³/mol. The molecule has 1 unspecified atom stereocenters. The topological polar surface area (TPSA) is 66.1 Å². The van der Waals surface area contributed by atoms with Gasteiger partial charge >= 0.3 is 6.03 Å². The number of nitrogens with zero attached hydrogens (tertiary/aromatic N) is 1. The molecule has 1 atom stereocenters. The number of rotatable bonds is 5. The highest BCUT2D eigenvalue weighted by atomic mass is 35.5. The van der Waals surface area contributed by atoms with E-state index in [1.54, 1.807) is 0 Å². The summed E-state index contributed by atoms with van der Waals surface area (Å²) in [5.41, 5.74) is 0.938. The molecule has 24 heavy (non-hydrogen) atoms. The van der Waals surface area contributed by atoms with E-state index in [1.165, 1.54) is 30.6 Å². The fourth-order valence-electron chi connectivity index (χ4n) is 1.84. The molecule has 0 aliphatic carbocycles. The lowest BCUT2D eigenvalue weighted by atomic mass is 10.3. The van der Waals surface area contributed by atoms with Crippen molar-refractivity contribution >= 4 is 52.2 Å². The summed E-state index contributed by atoms with van der Waals surface area (Å²) in [6.45, 7) is 2.15. The minimum absolute atomic E-state index is 0.0650. The van der Waals surface area contributed by atoms with E-state index in [0.717, 1.165) is 0 Å². The van der Waals surface area contributed by atoms with Crippen LogP contribution in [0.3, 0.4) is 0 Å². The molecule has 0 saturated heterocycles. The van der Waals surface area contributed by atoms with Gasteiger partial charge in [-0.25, -0.2) is 9.18 Å². The van der Waals surface area contributed by atoms with Crippen molar-refractivity contribution < 1.29 is 9.18 Å². The quantitative estimate of drug-likeness (QED) is 0.685. The Hall–Kier alpha value is -1.76. The standard InChI is InChI=1S/C15H14Cl3FN4O/c1-8(22-14-11(17)6-20-7-12(14)18)5-21-15(24)23-9-2-3-13(19)10(16)4-9/h2-4,6-8H,5H2,1H3,(H,20,22)(H2,21,23,24). The van der Waals surface area contributed by atoms with Gasteiger partial charge in [0.2, 0.25) is 0 Å². The van der Waals surface area contributed by atoms with Crippen LogP contribution in [0.15, 0.2) is 30.6 Å². The van der Waals surface area contributed by atoms with Gasteiger partial charge in [0.1, 0.15) is 5.82 Å². The highest BCUT2D eigenvalue weighted by Crippen LogP contribution is 2.29. The molecule has 3 N–H and O–H groups in total. The molecule has 0 bridgehead atoms. The Kier molecular flexibility index (Phi) is 6.48. The van der Waals surface area contributed by atoms with Gasteiger partial charge in [-0.1, -0.05) is 34.8 Å². The van der Waals surface area contributed by atoms with E-state index >= 15 is 0 Å². The smallest absolute Gasteiger partial charge is 0.319 e. The average molecular weight is 392 g/mol. The third kappa shape index (κ3) is 5.12. The van der Waals surface area contributed by atoms with Gasteiger partial charge in [-0.05, 0) is 25.1 Å². The first-order chi connectivity index (χ1) is 11.4. The summed E-state index contributed by atoms with van der Waals surface area (Å²) < 4.78 is 13.1. The Morgan fingerprint density at radius 2 is 1.88 bits per heavy atom. The van der Waals surface area contributed by atoms with Crippen molar-refractivity contribution in [3.63, 3.8) is 0 Å². The van der Waals surface area contributed by atoms with Gasteiger partial charge in [-0.3, -0.25) is 4.98 Å². The molecule has 9 heteroatoms. The van der Waals surface area contributed by atoms with E-state index in [-0.39, 0.29) is 11.1 Å². The summed E-state index contributed by atoms with van der Waals surface area (Å²) in [5.74, 6) is -0.549. The summed E-state index contributed by atoms with van der Waals surface area (Å²) in [6, 6.07) is 3.33. The Morgan fingerprint density at radius 1 is 1.21 bits per heavy atom. The lowest BCUT2D eigenvalue weighted by Crippen LogP contribution is -2.37. The number of anilines is 2. The molecular weight excluding hydrogens is 378 g/mol. The summed E-state index contributed by atoms with van der Waals surface area (Å²) in [4.78, 5) is 15.7. The van der Waals surface area contributed by atoms with Crippen LogP contribution in [-0.4, -0.2) is 23.6 Å². The SMILES string of the molecule is CC(CNC(=O)Nc1ccc(F)c(Cl)c1)Nc1c(Cl)cncc1Cl. The van der Waals surface area contributed by atoms with Gasteiger partial charge in [0.15, 0.2) is 0 Å². The number of carbonyl (C=O) groups excluding carboxylic acids is 1. The fraction of sp³-hybridized carbons (Fsp3) is 0.200. The Morgan fingerprint density at radius 3 is 2.50 bits per heavy atom. The number of urea groups is 1. The normalized spacial score (nSPS) is 11.7. The van der Waals surface area contributed by atoms with Gasteiger partial charge in [-0.15, -0.1) is 0 Å². The van der Waals surface area contributed by atoms with Crippen LogP contribution in [0.5, 0.6) is 0 Å². The lowest BCUT2D eigenvalue weighted by Gasteiger charge is -2.18. The van der Waals surface area contributed by atoms with Gasteiger partial charge in [0.25, 0.3) is 0 Å². The van der Waals surface area contributed by atoms with E-state index in [1.807, 2.05) is 6.92 Å². The van der Waals surface area contributed by atoms with Crippen molar-refractivity contribution in [3.8, 4) is 0 Å². The summed E-state index contributed by atoms with van der Waals surface area (Å²) >= 11 is 17.7. The van der Waals surface area contributed by atoms with Gasteiger partial charge in [0, 0.05) is 30.7 Å². The highest BCUT2D eigenvalue weighted by Gasteiger charge is 2.11. The first-order valence-corrected chi connectivity index (χ1v) is 8.05. The number of halogens is 4. The monoisotopic (exact) mass is 390 g/mol. The third-order valence-corrected chi connectivity index (χ3v) is 3.85. The zero-order valence-corrected chi connectivity index (χ0v) is 14.8. The molecule has 0 fully saturated rings. The Labute approximate surface area is 153 Å². The van der Waals surface area contributed by atoms with Crippen molar-refractivity contribution in [1.29, 1.82) is 0 Å². The molecule has 1 aromatic heterocycles. The molecule has 2 aromatic rings. The average Bonchev–Trinajstić information content (AvgIpc) is 2.53. The van der Waals surface area contributed by atoms with Crippen LogP contribution in [0.1, 0.15) is 6.92 Å². The van der Waals surface area contributed by atoms with Crippen molar-refractivity contribution in [2.24, 2.45) is 0 Å². The second-order valence-corrected chi connectivity index (χ2v) is 6.21. The van der Waals surface area contributed by atoms with Crippen molar-refractivity contribution in [3.05, 3.63) is 51.5 Å². The van der Waals surface area contributed by atoms with Gasteiger partial charge in [0.05, 0.1) is 20.8 Å². The zero-order valence-electron chi connectivity index (χ0n) is 12.5. The van der Waals surface area contributed by atoms with E-state index in [4.69, 9.17) is 34.8 Å². The molecule has 0 radical (unpaired) electrons. The van der Waals surface area contributed by atoms with Crippen LogP contribution in [0.4, 0.5) is 20.6 Å². The number of hydrogen-bond donors (Lipinski definition) is 3. The van der Waals surface area contributed by atoms with Gasteiger partial charge < -0.3 is 16.0 Å². The van der Waals surface area contributed by atoms with Gasteiger partial charge in [-0.2, -0.15) is 0 Å². The second kappa shape index (κ2) is 8.37. The Balaban J connectivity index is 1.86. The first kappa shape index (κ1) is 18.6. The minimum Gasteiger partial charge on any atom is -0.378 e. The second-order valence-electron chi connectivity index (χ2n) is 4.99. The lowest BCUT2D eigenvalue weighted by molar-refractivity contribution is 0.252. The van der Waals surface area contributed by atoms with Crippen LogP contribution < -0.4 is 16.0 Å². The minimum atomic E-state index is -0.549. The number of pyridine rings is 1. The van der Waals surface area contributed by atoms with Crippen LogP contribution in [-0.2, 0) is 0 Å². The molecule has 0 aliphatic heterocycles. The molecule has 1 aromatic carbocycles. The number of carbonyl (C=O) groups is 1. The van der Waals surface area contributed by atoms with Crippen LogP contribution in [0, 0.1) is 5.82 Å². The maximum Gasteiger partial charge on any atom is 0.319 e. The maximum atomic E-state index is 13.1. The zero-order chi connectivity index (χ0) is 17.7. The number of aromatic nitrogens is 1. The largest absolute Gasteiger partial charge is 0.378 e. The highest BCUT2D eigenvalue weighted by molar-refractivity contribution is 6.38. The van der Waals surface area contributed by atoms with E-state index < -0.39 is 11.8 Å². The summed E-state index contributed by atoms with van der Waals surface area (Å²) in [7, 11) is 0.